The van der Waals surface area contributed by atoms with Crippen LogP contribution in [-0.2, 0) is 0 Å². The highest BCUT2D eigenvalue weighted by Crippen LogP contribution is 2.30. The Bertz CT molecular complexity index is 312. The first-order valence-corrected chi connectivity index (χ1v) is 4.61. The van der Waals surface area contributed by atoms with Gasteiger partial charge in [0, 0.05) is 17.9 Å². The second-order valence-corrected chi connectivity index (χ2v) is 3.59. The number of anilines is 1. The topological polar surface area (TPSA) is 74.2 Å². The van der Waals surface area contributed by atoms with Crippen LogP contribution < -0.4 is 16.2 Å². The summed E-state index contributed by atoms with van der Waals surface area (Å²) in [5.74, 6) is 0.821. The monoisotopic (exact) mass is 195 g/mol. The third kappa shape index (κ3) is 1.96. The second kappa shape index (κ2) is 4.28. The number of hydrogen-bond donors (Lipinski definition) is 2. The first-order chi connectivity index (χ1) is 6.57. The molecular formula is C10H17N3O. The van der Waals surface area contributed by atoms with Crippen LogP contribution in [0.2, 0.25) is 0 Å². The zero-order valence-electron chi connectivity index (χ0n) is 8.82. The van der Waals surface area contributed by atoms with E-state index in [1.54, 1.807) is 19.4 Å². The van der Waals surface area contributed by atoms with E-state index in [-0.39, 0.29) is 6.04 Å². The quantitative estimate of drug-likeness (QED) is 0.763. The van der Waals surface area contributed by atoms with Crippen LogP contribution >= 0.6 is 0 Å². The minimum atomic E-state index is -0.140. The van der Waals surface area contributed by atoms with Gasteiger partial charge in [-0.15, -0.1) is 0 Å². The van der Waals surface area contributed by atoms with Gasteiger partial charge in [0.2, 0.25) is 5.88 Å². The molecule has 0 saturated carbocycles. The van der Waals surface area contributed by atoms with Crippen LogP contribution in [0.3, 0.4) is 0 Å². The largest absolute Gasteiger partial charge is 0.481 e. The van der Waals surface area contributed by atoms with Crippen molar-refractivity contribution < 1.29 is 4.74 Å². The molecule has 0 aliphatic carbocycles. The first kappa shape index (κ1) is 10.8. The lowest BCUT2D eigenvalue weighted by Gasteiger charge is -2.19. The highest BCUT2D eigenvalue weighted by atomic mass is 16.5. The van der Waals surface area contributed by atoms with Gasteiger partial charge in [-0.2, -0.15) is 0 Å². The minimum Gasteiger partial charge on any atom is -0.481 e. The Kier molecular flexibility index (Phi) is 3.30. The predicted molar refractivity (Wildman–Crippen MR) is 57.0 cm³/mol. The zero-order valence-corrected chi connectivity index (χ0v) is 8.82. The fourth-order valence-corrected chi connectivity index (χ4v) is 1.30. The van der Waals surface area contributed by atoms with Gasteiger partial charge in [-0.3, -0.25) is 0 Å². The van der Waals surface area contributed by atoms with Gasteiger partial charge in [0.05, 0.1) is 12.7 Å². The minimum absolute atomic E-state index is 0.140. The molecule has 1 aromatic heterocycles. The normalized spacial score (nSPS) is 12.9. The molecule has 4 nitrogen and oxygen atoms in total. The van der Waals surface area contributed by atoms with Crippen LogP contribution in [0.4, 0.5) is 5.69 Å². The van der Waals surface area contributed by atoms with E-state index < -0.39 is 0 Å². The van der Waals surface area contributed by atoms with E-state index in [0.29, 0.717) is 17.5 Å². The number of rotatable bonds is 3. The number of nitrogen functional groups attached to an aromatic ring is 1. The summed E-state index contributed by atoms with van der Waals surface area (Å²) >= 11 is 0. The van der Waals surface area contributed by atoms with Crippen molar-refractivity contribution in [3.05, 3.63) is 17.8 Å². The smallest absolute Gasteiger partial charge is 0.219 e. The molecule has 0 saturated heterocycles. The van der Waals surface area contributed by atoms with Crippen LogP contribution in [0.25, 0.3) is 0 Å². The van der Waals surface area contributed by atoms with E-state index in [2.05, 4.69) is 4.98 Å². The van der Waals surface area contributed by atoms with Crippen molar-refractivity contribution >= 4 is 5.69 Å². The molecular weight excluding hydrogens is 178 g/mol. The Morgan fingerprint density at radius 2 is 2.07 bits per heavy atom. The number of pyridine rings is 1. The molecule has 1 aromatic rings. The molecule has 4 N–H and O–H groups in total. The second-order valence-electron chi connectivity index (χ2n) is 3.59. The highest BCUT2D eigenvalue weighted by Gasteiger charge is 2.18. The van der Waals surface area contributed by atoms with E-state index in [0.717, 1.165) is 5.56 Å². The molecule has 14 heavy (non-hydrogen) atoms. The molecule has 0 amide bonds. The molecule has 0 spiro atoms. The molecule has 0 unspecified atom stereocenters. The highest BCUT2D eigenvalue weighted by molar-refractivity contribution is 5.52. The van der Waals surface area contributed by atoms with Crippen LogP contribution in [-0.4, -0.2) is 12.1 Å². The standard InChI is InChI=1S/C10H17N3O/c1-6(2)9(12)8-7(11)4-5-13-10(8)14-3/h4-6,9H,12H2,1-3H3,(H2,11,13)/t9-/m1/s1. The predicted octanol–water partition coefficient (Wildman–Crippen LogP) is 1.33. The van der Waals surface area contributed by atoms with Gasteiger partial charge < -0.3 is 16.2 Å². The van der Waals surface area contributed by atoms with Gasteiger partial charge in [0.1, 0.15) is 0 Å². The number of hydrogen-bond acceptors (Lipinski definition) is 4. The van der Waals surface area contributed by atoms with Crippen molar-refractivity contribution in [2.45, 2.75) is 19.9 Å². The summed E-state index contributed by atoms with van der Waals surface area (Å²) in [5.41, 5.74) is 13.3. The first-order valence-electron chi connectivity index (χ1n) is 4.61. The van der Waals surface area contributed by atoms with E-state index >= 15 is 0 Å². The summed E-state index contributed by atoms with van der Waals surface area (Å²) in [6.45, 7) is 4.08. The summed E-state index contributed by atoms with van der Waals surface area (Å²) in [4.78, 5) is 4.08. The van der Waals surface area contributed by atoms with Crippen molar-refractivity contribution in [2.75, 3.05) is 12.8 Å². The van der Waals surface area contributed by atoms with Crippen molar-refractivity contribution in [1.29, 1.82) is 0 Å². The summed E-state index contributed by atoms with van der Waals surface area (Å²) in [6, 6.07) is 1.60. The molecule has 0 fully saturated rings. The third-order valence-corrected chi connectivity index (χ3v) is 2.23. The van der Waals surface area contributed by atoms with Crippen molar-refractivity contribution in [2.24, 2.45) is 11.7 Å². The van der Waals surface area contributed by atoms with Crippen LogP contribution in [0.1, 0.15) is 25.5 Å². The van der Waals surface area contributed by atoms with Crippen molar-refractivity contribution in [3.8, 4) is 5.88 Å². The Labute approximate surface area is 84.3 Å². The molecule has 1 heterocycles. The van der Waals surface area contributed by atoms with Crippen LogP contribution in [0.5, 0.6) is 5.88 Å². The lowest BCUT2D eigenvalue weighted by molar-refractivity contribution is 0.381. The van der Waals surface area contributed by atoms with Gasteiger partial charge in [-0.25, -0.2) is 4.98 Å². The Morgan fingerprint density at radius 3 is 2.57 bits per heavy atom. The number of nitrogens with zero attached hydrogens (tertiary/aromatic N) is 1. The molecule has 4 heteroatoms. The number of methoxy groups -OCH3 is 1. The maximum Gasteiger partial charge on any atom is 0.219 e. The lowest BCUT2D eigenvalue weighted by Crippen LogP contribution is -2.19. The molecule has 1 atom stereocenters. The van der Waals surface area contributed by atoms with Crippen molar-refractivity contribution in [1.82, 2.24) is 4.98 Å². The molecule has 78 valence electrons. The Morgan fingerprint density at radius 1 is 1.43 bits per heavy atom. The summed E-state index contributed by atoms with van der Waals surface area (Å²) in [7, 11) is 1.57. The number of aromatic nitrogens is 1. The van der Waals surface area contributed by atoms with Gasteiger partial charge in [-0.1, -0.05) is 13.8 Å². The third-order valence-electron chi connectivity index (χ3n) is 2.23. The van der Waals surface area contributed by atoms with Gasteiger partial charge in [0.15, 0.2) is 0 Å². The molecule has 0 bridgehead atoms. The fraction of sp³-hybridized carbons (Fsp3) is 0.500. The number of nitrogens with two attached hydrogens (primary N) is 2. The summed E-state index contributed by atoms with van der Waals surface area (Å²) in [5, 5.41) is 0. The average molecular weight is 195 g/mol. The average Bonchev–Trinajstić information content (AvgIpc) is 2.16. The summed E-state index contributed by atoms with van der Waals surface area (Å²) < 4.78 is 5.13. The summed E-state index contributed by atoms with van der Waals surface area (Å²) in [6.07, 6.45) is 1.62. The van der Waals surface area contributed by atoms with Crippen LogP contribution in [0.15, 0.2) is 12.3 Å². The molecule has 1 rings (SSSR count). The van der Waals surface area contributed by atoms with E-state index in [1.165, 1.54) is 0 Å². The zero-order chi connectivity index (χ0) is 10.7. The van der Waals surface area contributed by atoms with E-state index in [9.17, 15) is 0 Å². The maximum absolute atomic E-state index is 6.02. The SMILES string of the molecule is COc1nccc(N)c1[C@H](N)C(C)C. The maximum atomic E-state index is 6.02. The molecule has 0 aromatic carbocycles. The molecule has 0 aliphatic rings. The molecule has 0 radical (unpaired) electrons. The lowest BCUT2D eigenvalue weighted by atomic mass is 9.97. The van der Waals surface area contributed by atoms with E-state index in [1.807, 2.05) is 13.8 Å². The van der Waals surface area contributed by atoms with Gasteiger partial charge in [0.25, 0.3) is 0 Å². The Hall–Kier alpha value is -1.29. The number of ether oxygens (including phenoxy) is 1. The van der Waals surface area contributed by atoms with Crippen molar-refractivity contribution in [3.63, 3.8) is 0 Å². The van der Waals surface area contributed by atoms with Crippen LogP contribution in [0, 0.1) is 5.92 Å². The van der Waals surface area contributed by atoms with Gasteiger partial charge >= 0.3 is 0 Å². The molecule has 0 aliphatic heterocycles. The fourth-order valence-electron chi connectivity index (χ4n) is 1.30. The van der Waals surface area contributed by atoms with E-state index in [4.69, 9.17) is 16.2 Å². The Balaban J connectivity index is 3.16. The van der Waals surface area contributed by atoms with Gasteiger partial charge in [-0.05, 0) is 12.0 Å².